The van der Waals surface area contributed by atoms with E-state index in [9.17, 15) is 0 Å². The molecule has 0 bridgehead atoms. The Balaban J connectivity index is 1.14. The molecule has 1 aliphatic rings. The first-order chi connectivity index (χ1) is 23.5. The SMILES string of the molecule is CC1(C)c2ccccc2-c2cc3c(cc21)[nH]c1ccc(-c2ccc4c(c2)c2cc5c(cc2n4-c2ccccc2)sc2ccccc25)cc13. The Kier molecular flexibility index (Phi) is 5.09. The van der Waals surface area contributed by atoms with Crippen LogP contribution in [-0.2, 0) is 5.41 Å². The van der Waals surface area contributed by atoms with Gasteiger partial charge in [-0.05, 0) is 100 Å². The van der Waals surface area contributed by atoms with Crippen molar-refractivity contribution in [3.8, 4) is 27.9 Å². The van der Waals surface area contributed by atoms with E-state index in [-0.39, 0.29) is 5.41 Å². The third-order valence-corrected chi connectivity index (χ3v) is 12.0. The van der Waals surface area contributed by atoms with Gasteiger partial charge in [-0.25, -0.2) is 0 Å². The third kappa shape index (κ3) is 3.46. The first-order valence-corrected chi connectivity index (χ1v) is 17.5. The molecular weight excluding hydrogens is 601 g/mol. The molecule has 7 aromatic carbocycles. The van der Waals surface area contributed by atoms with Gasteiger partial charge in [-0.2, -0.15) is 0 Å². The molecule has 226 valence electrons. The van der Waals surface area contributed by atoms with Crippen molar-refractivity contribution in [2.45, 2.75) is 19.3 Å². The van der Waals surface area contributed by atoms with Crippen LogP contribution in [0.3, 0.4) is 0 Å². The molecular formula is C45H30N2S. The molecule has 1 aliphatic carbocycles. The Morgan fingerprint density at radius 2 is 1.21 bits per heavy atom. The van der Waals surface area contributed by atoms with Crippen LogP contribution in [0.25, 0.3) is 91.7 Å². The molecule has 0 amide bonds. The summed E-state index contributed by atoms with van der Waals surface area (Å²) in [5.41, 5.74) is 14.0. The lowest BCUT2D eigenvalue weighted by atomic mass is 9.82. The summed E-state index contributed by atoms with van der Waals surface area (Å²) < 4.78 is 5.09. The number of hydrogen-bond acceptors (Lipinski definition) is 1. The highest BCUT2D eigenvalue weighted by Gasteiger charge is 2.35. The second-order valence-corrected chi connectivity index (χ2v) is 14.9. The molecule has 0 radical (unpaired) electrons. The Bertz CT molecular complexity index is 2970. The quantitative estimate of drug-likeness (QED) is 0.196. The molecule has 0 saturated heterocycles. The van der Waals surface area contributed by atoms with Gasteiger partial charge in [0.2, 0.25) is 0 Å². The first-order valence-electron chi connectivity index (χ1n) is 16.7. The average Bonchev–Trinajstić information content (AvgIpc) is 3.83. The molecule has 3 heterocycles. The van der Waals surface area contributed by atoms with E-state index in [0.29, 0.717) is 0 Å². The molecule has 0 spiro atoms. The Morgan fingerprint density at radius 1 is 0.479 bits per heavy atom. The summed E-state index contributed by atoms with van der Waals surface area (Å²) in [6, 6.07) is 52.0. The van der Waals surface area contributed by atoms with Crippen LogP contribution in [0, 0.1) is 0 Å². The number of H-pyrrole nitrogens is 1. The van der Waals surface area contributed by atoms with Crippen LogP contribution in [0.5, 0.6) is 0 Å². The highest BCUT2D eigenvalue weighted by atomic mass is 32.1. The maximum atomic E-state index is 3.75. The minimum atomic E-state index is -0.0161. The summed E-state index contributed by atoms with van der Waals surface area (Å²) in [5, 5.41) is 7.78. The highest BCUT2D eigenvalue weighted by Crippen LogP contribution is 2.50. The zero-order valence-electron chi connectivity index (χ0n) is 26.6. The molecule has 48 heavy (non-hydrogen) atoms. The highest BCUT2D eigenvalue weighted by molar-refractivity contribution is 7.25. The number of aromatic amines is 1. The number of hydrogen-bond donors (Lipinski definition) is 1. The van der Waals surface area contributed by atoms with Crippen LogP contribution in [0.4, 0.5) is 0 Å². The fraction of sp³-hybridized carbons (Fsp3) is 0.0667. The maximum absolute atomic E-state index is 3.75. The van der Waals surface area contributed by atoms with Crippen LogP contribution in [-0.4, -0.2) is 9.55 Å². The Morgan fingerprint density at radius 3 is 2.10 bits per heavy atom. The number of para-hydroxylation sites is 1. The van der Waals surface area contributed by atoms with E-state index in [2.05, 4.69) is 163 Å². The van der Waals surface area contributed by atoms with Crippen LogP contribution in [0.1, 0.15) is 25.0 Å². The van der Waals surface area contributed by atoms with Crippen molar-refractivity contribution < 1.29 is 0 Å². The number of thiophene rings is 1. The van der Waals surface area contributed by atoms with Gasteiger partial charge in [0.1, 0.15) is 0 Å². The van der Waals surface area contributed by atoms with Crippen molar-refractivity contribution in [2.24, 2.45) is 0 Å². The molecule has 1 N–H and O–H groups in total. The number of aromatic nitrogens is 2. The summed E-state index contributed by atoms with van der Waals surface area (Å²) in [5.74, 6) is 0. The molecule has 10 aromatic rings. The van der Waals surface area contributed by atoms with E-state index in [1.165, 1.54) is 103 Å². The van der Waals surface area contributed by atoms with E-state index >= 15 is 0 Å². The number of nitrogens with one attached hydrogen (secondary N) is 1. The molecule has 11 rings (SSSR count). The standard InChI is InChI=1S/C45H30N2S/c1-45(2)37-14-8-6-12-29(37)31-22-33-32-20-26(16-18-39(32)46-40(33)24-38(31)45)27-17-19-41-34(21-27)35-23-36-30-13-7-9-15-43(30)48-44(36)25-42(35)47(41)28-10-4-3-5-11-28/h3-25,46H,1-2H3. The molecule has 0 atom stereocenters. The van der Waals surface area contributed by atoms with E-state index in [1.807, 2.05) is 11.3 Å². The molecule has 3 heteroatoms. The van der Waals surface area contributed by atoms with E-state index in [0.717, 1.165) is 0 Å². The average molecular weight is 631 g/mol. The molecule has 0 saturated carbocycles. The summed E-state index contributed by atoms with van der Waals surface area (Å²) in [6.07, 6.45) is 0. The second kappa shape index (κ2) is 9.25. The number of rotatable bonds is 2. The maximum Gasteiger partial charge on any atom is 0.0555 e. The van der Waals surface area contributed by atoms with Crippen molar-refractivity contribution in [3.05, 3.63) is 151 Å². The van der Waals surface area contributed by atoms with Crippen molar-refractivity contribution in [1.29, 1.82) is 0 Å². The normalized spacial score (nSPS) is 13.8. The second-order valence-electron chi connectivity index (χ2n) is 13.9. The Hall–Kier alpha value is -5.64. The molecule has 0 aliphatic heterocycles. The largest absolute Gasteiger partial charge is 0.355 e. The predicted molar refractivity (Wildman–Crippen MR) is 206 cm³/mol. The summed E-state index contributed by atoms with van der Waals surface area (Å²) in [6.45, 7) is 4.70. The fourth-order valence-corrected chi connectivity index (χ4v) is 9.67. The fourth-order valence-electron chi connectivity index (χ4n) is 8.55. The summed E-state index contributed by atoms with van der Waals surface area (Å²) in [7, 11) is 0. The minimum absolute atomic E-state index is 0.0161. The number of nitrogens with zero attached hydrogens (tertiary/aromatic N) is 1. The van der Waals surface area contributed by atoms with E-state index in [4.69, 9.17) is 0 Å². The van der Waals surface area contributed by atoms with Gasteiger partial charge in [-0.3, -0.25) is 0 Å². The van der Waals surface area contributed by atoms with Crippen molar-refractivity contribution in [3.63, 3.8) is 0 Å². The summed E-state index contributed by atoms with van der Waals surface area (Å²) >= 11 is 1.88. The van der Waals surface area contributed by atoms with Crippen molar-refractivity contribution in [2.75, 3.05) is 0 Å². The van der Waals surface area contributed by atoms with Crippen molar-refractivity contribution >= 4 is 75.1 Å². The zero-order valence-corrected chi connectivity index (χ0v) is 27.5. The first kappa shape index (κ1) is 26.4. The smallest absolute Gasteiger partial charge is 0.0555 e. The zero-order chi connectivity index (χ0) is 31.7. The lowest BCUT2D eigenvalue weighted by Gasteiger charge is -2.21. The molecule has 0 unspecified atom stereocenters. The molecule has 3 aromatic heterocycles. The third-order valence-electron chi connectivity index (χ3n) is 10.9. The van der Waals surface area contributed by atoms with Gasteiger partial charge < -0.3 is 9.55 Å². The van der Waals surface area contributed by atoms with Crippen LogP contribution < -0.4 is 0 Å². The van der Waals surface area contributed by atoms with Gasteiger partial charge >= 0.3 is 0 Å². The van der Waals surface area contributed by atoms with E-state index < -0.39 is 0 Å². The van der Waals surface area contributed by atoms with Gasteiger partial charge in [0.25, 0.3) is 0 Å². The van der Waals surface area contributed by atoms with Gasteiger partial charge in [-0.15, -0.1) is 11.3 Å². The van der Waals surface area contributed by atoms with Crippen molar-refractivity contribution in [1.82, 2.24) is 9.55 Å². The van der Waals surface area contributed by atoms with Gasteiger partial charge in [0.05, 0.1) is 11.0 Å². The number of benzene rings is 7. The Labute approximate surface area is 281 Å². The molecule has 0 fully saturated rings. The topological polar surface area (TPSA) is 20.7 Å². The predicted octanol–water partition coefficient (Wildman–Crippen LogP) is 12.8. The lowest BCUT2D eigenvalue weighted by molar-refractivity contribution is 0.661. The van der Waals surface area contributed by atoms with Crippen LogP contribution in [0.2, 0.25) is 0 Å². The van der Waals surface area contributed by atoms with Crippen LogP contribution in [0.15, 0.2) is 140 Å². The van der Waals surface area contributed by atoms with Gasteiger partial charge in [-0.1, -0.05) is 86.6 Å². The van der Waals surface area contributed by atoms with Gasteiger partial charge in [0.15, 0.2) is 0 Å². The van der Waals surface area contributed by atoms with Crippen LogP contribution >= 0.6 is 11.3 Å². The van der Waals surface area contributed by atoms with Gasteiger partial charge in [0, 0.05) is 63.9 Å². The van der Waals surface area contributed by atoms with E-state index in [1.54, 1.807) is 0 Å². The lowest BCUT2D eigenvalue weighted by Crippen LogP contribution is -2.14. The summed E-state index contributed by atoms with van der Waals surface area (Å²) in [4.78, 5) is 3.75. The minimum Gasteiger partial charge on any atom is -0.355 e. The molecule has 2 nitrogen and oxygen atoms in total. The number of fused-ring (bicyclic) bond motifs is 12. The monoisotopic (exact) mass is 630 g/mol.